The second-order valence-corrected chi connectivity index (χ2v) is 7.58. The normalized spacial score (nSPS) is 29.5. The maximum Gasteiger partial charge on any atom is 0.303 e. The van der Waals surface area contributed by atoms with E-state index in [-0.39, 0.29) is 18.6 Å². The molecule has 1 aromatic rings. The van der Waals surface area contributed by atoms with E-state index in [0.717, 1.165) is 11.8 Å². The number of ketones is 1. The lowest BCUT2D eigenvalue weighted by Gasteiger charge is -2.42. The third-order valence-corrected chi connectivity index (χ3v) is 5.81. The van der Waals surface area contributed by atoms with Crippen LogP contribution < -0.4 is 0 Å². The summed E-state index contributed by atoms with van der Waals surface area (Å²) in [5.41, 5.74) is 3.45. The van der Waals surface area contributed by atoms with Gasteiger partial charge in [-0.3, -0.25) is 9.59 Å². The minimum Gasteiger partial charge on any atom is -0.481 e. The largest absolute Gasteiger partial charge is 0.481 e. The van der Waals surface area contributed by atoms with E-state index in [1.807, 2.05) is 6.07 Å². The van der Waals surface area contributed by atoms with Crippen LogP contribution in [0.2, 0.25) is 0 Å². The molecule has 0 aliphatic heterocycles. The zero-order valence-electron chi connectivity index (χ0n) is 14.0. The van der Waals surface area contributed by atoms with Gasteiger partial charge >= 0.3 is 5.97 Å². The molecule has 0 spiro atoms. The molecule has 1 N–H and O–H groups in total. The monoisotopic (exact) mass is 314 g/mol. The number of carboxylic acids is 1. The molecule has 0 saturated heterocycles. The smallest absolute Gasteiger partial charge is 0.303 e. The number of aliphatic carboxylic acids is 1. The average Bonchev–Trinajstić information content (AvgIpc) is 2.52. The molecule has 1 aromatic carbocycles. The van der Waals surface area contributed by atoms with Crippen LogP contribution in [0.3, 0.4) is 0 Å². The molecule has 3 heteroatoms. The highest BCUT2D eigenvalue weighted by atomic mass is 16.4. The standard InChI is InChI=1S/C20H26O3/c1-12-3-5-17-15(9-12)10-13(2)16-6-4-14(11-18(16)17)19(21)7-8-20(22)23/h4,6,11-13,15,17H,3,5,7-10H2,1-2H3,(H,22,23). The van der Waals surface area contributed by atoms with Crippen LogP contribution in [-0.2, 0) is 4.79 Å². The van der Waals surface area contributed by atoms with Crippen LogP contribution in [0.5, 0.6) is 0 Å². The van der Waals surface area contributed by atoms with Gasteiger partial charge in [0.15, 0.2) is 5.78 Å². The van der Waals surface area contributed by atoms with Crippen molar-refractivity contribution < 1.29 is 14.7 Å². The highest BCUT2D eigenvalue weighted by Crippen LogP contribution is 2.50. The fraction of sp³-hybridized carbons (Fsp3) is 0.600. The number of rotatable bonds is 4. The Labute approximate surface area is 138 Å². The number of hydrogen-bond donors (Lipinski definition) is 1. The Bertz CT molecular complexity index is 619. The lowest BCUT2D eigenvalue weighted by atomic mass is 9.63. The van der Waals surface area contributed by atoms with E-state index >= 15 is 0 Å². The summed E-state index contributed by atoms with van der Waals surface area (Å²) in [6, 6.07) is 6.08. The molecule has 0 heterocycles. The summed E-state index contributed by atoms with van der Waals surface area (Å²) >= 11 is 0. The van der Waals surface area contributed by atoms with Crippen molar-refractivity contribution in [2.75, 3.05) is 0 Å². The molecular formula is C20H26O3. The minimum atomic E-state index is -0.911. The van der Waals surface area contributed by atoms with E-state index in [9.17, 15) is 9.59 Å². The van der Waals surface area contributed by atoms with Gasteiger partial charge in [-0.15, -0.1) is 0 Å². The molecule has 3 rings (SSSR count). The predicted molar refractivity (Wildman–Crippen MR) is 89.9 cm³/mol. The van der Waals surface area contributed by atoms with Gasteiger partial charge in [-0.2, -0.15) is 0 Å². The van der Waals surface area contributed by atoms with E-state index in [0.29, 0.717) is 17.4 Å². The molecule has 0 amide bonds. The van der Waals surface area contributed by atoms with E-state index < -0.39 is 5.97 Å². The first-order chi connectivity index (χ1) is 11.0. The molecule has 1 fully saturated rings. The summed E-state index contributed by atoms with van der Waals surface area (Å²) in [5.74, 6) is 1.74. The number of carbonyl (C=O) groups excluding carboxylic acids is 1. The molecule has 0 aromatic heterocycles. The van der Waals surface area contributed by atoms with Gasteiger partial charge in [0.05, 0.1) is 6.42 Å². The van der Waals surface area contributed by atoms with Gasteiger partial charge in [-0.05, 0) is 60.1 Å². The molecular weight excluding hydrogens is 288 g/mol. The first kappa shape index (κ1) is 16.2. The van der Waals surface area contributed by atoms with Crippen LogP contribution in [0.1, 0.15) is 85.7 Å². The van der Waals surface area contributed by atoms with Crippen molar-refractivity contribution in [2.24, 2.45) is 11.8 Å². The van der Waals surface area contributed by atoms with Gasteiger partial charge in [0.1, 0.15) is 0 Å². The number of carbonyl (C=O) groups is 2. The molecule has 3 nitrogen and oxygen atoms in total. The van der Waals surface area contributed by atoms with Gasteiger partial charge in [-0.1, -0.05) is 32.4 Å². The van der Waals surface area contributed by atoms with Crippen molar-refractivity contribution in [3.63, 3.8) is 0 Å². The van der Waals surface area contributed by atoms with Crippen LogP contribution in [-0.4, -0.2) is 16.9 Å². The quantitative estimate of drug-likeness (QED) is 0.815. The van der Waals surface area contributed by atoms with Crippen LogP contribution in [0, 0.1) is 11.8 Å². The summed E-state index contributed by atoms with van der Waals surface area (Å²) in [6.07, 6.45) is 5.05. The number of Topliss-reactive ketones (excluding diaryl/α,β-unsaturated/α-hetero) is 1. The summed E-state index contributed by atoms with van der Waals surface area (Å²) in [7, 11) is 0. The maximum atomic E-state index is 12.3. The number of benzene rings is 1. The Morgan fingerprint density at radius 2 is 1.87 bits per heavy atom. The van der Waals surface area contributed by atoms with E-state index in [1.165, 1.54) is 36.8 Å². The van der Waals surface area contributed by atoms with Crippen LogP contribution in [0.4, 0.5) is 0 Å². The van der Waals surface area contributed by atoms with Crippen molar-refractivity contribution in [1.82, 2.24) is 0 Å². The van der Waals surface area contributed by atoms with Gasteiger partial charge in [0, 0.05) is 12.0 Å². The first-order valence-corrected chi connectivity index (χ1v) is 8.84. The number of fused-ring (bicyclic) bond motifs is 3. The van der Waals surface area contributed by atoms with E-state index in [1.54, 1.807) is 0 Å². The average molecular weight is 314 g/mol. The number of hydrogen-bond acceptors (Lipinski definition) is 2. The van der Waals surface area contributed by atoms with E-state index in [2.05, 4.69) is 26.0 Å². The third-order valence-electron chi connectivity index (χ3n) is 5.81. The van der Waals surface area contributed by atoms with Crippen molar-refractivity contribution in [1.29, 1.82) is 0 Å². The molecule has 2 aliphatic rings. The Balaban J connectivity index is 1.87. The summed E-state index contributed by atoms with van der Waals surface area (Å²) in [4.78, 5) is 22.9. The zero-order chi connectivity index (χ0) is 16.6. The summed E-state index contributed by atoms with van der Waals surface area (Å²) < 4.78 is 0. The topological polar surface area (TPSA) is 54.4 Å². The molecule has 0 bridgehead atoms. The lowest BCUT2D eigenvalue weighted by molar-refractivity contribution is -0.136. The molecule has 2 aliphatic carbocycles. The Kier molecular flexibility index (Phi) is 4.56. The molecule has 1 saturated carbocycles. The minimum absolute atomic E-state index is 0.0471. The molecule has 4 atom stereocenters. The SMILES string of the molecule is CC1CCC2c3cc(C(=O)CCC(=O)O)ccc3C(C)CC2C1. The Hall–Kier alpha value is -1.64. The second kappa shape index (κ2) is 6.46. The molecule has 124 valence electrons. The van der Waals surface area contributed by atoms with Gasteiger partial charge in [-0.25, -0.2) is 0 Å². The van der Waals surface area contributed by atoms with Crippen molar-refractivity contribution >= 4 is 11.8 Å². The lowest BCUT2D eigenvalue weighted by Crippen LogP contribution is -2.28. The second-order valence-electron chi connectivity index (χ2n) is 7.58. The molecule has 23 heavy (non-hydrogen) atoms. The predicted octanol–water partition coefficient (Wildman–Crippen LogP) is 4.76. The summed E-state index contributed by atoms with van der Waals surface area (Å²) in [5, 5.41) is 8.76. The van der Waals surface area contributed by atoms with Crippen molar-refractivity contribution in [3.8, 4) is 0 Å². The van der Waals surface area contributed by atoms with E-state index in [4.69, 9.17) is 5.11 Å². The van der Waals surface area contributed by atoms with Gasteiger partial charge in [0.2, 0.25) is 0 Å². The van der Waals surface area contributed by atoms with Crippen LogP contribution >= 0.6 is 0 Å². The first-order valence-electron chi connectivity index (χ1n) is 8.84. The van der Waals surface area contributed by atoms with Gasteiger partial charge < -0.3 is 5.11 Å². The molecule has 4 unspecified atom stereocenters. The maximum absolute atomic E-state index is 12.3. The van der Waals surface area contributed by atoms with Crippen LogP contribution in [0.15, 0.2) is 18.2 Å². The third kappa shape index (κ3) is 3.34. The summed E-state index contributed by atoms with van der Waals surface area (Å²) in [6.45, 7) is 4.64. The van der Waals surface area contributed by atoms with Crippen molar-refractivity contribution in [2.45, 2.75) is 64.2 Å². The van der Waals surface area contributed by atoms with Crippen LogP contribution in [0.25, 0.3) is 0 Å². The Morgan fingerprint density at radius 3 is 2.61 bits per heavy atom. The fourth-order valence-electron chi connectivity index (χ4n) is 4.63. The number of carboxylic acid groups (broad SMARTS) is 1. The highest BCUT2D eigenvalue weighted by molar-refractivity contribution is 5.97. The Morgan fingerprint density at radius 1 is 1.09 bits per heavy atom. The molecule has 0 radical (unpaired) electrons. The fourth-order valence-corrected chi connectivity index (χ4v) is 4.63. The zero-order valence-corrected chi connectivity index (χ0v) is 14.0. The highest BCUT2D eigenvalue weighted by Gasteiger charge is 2.36. The van der Waals surface area contributed by atoms with Crippen molar-refractivity contribution in [3.05, 3.63) is 34.9 Å². The van der Waals surface area contributed by atoms with Gasteiger partial charge in [0.25, 0.3) is 0 Å².